The van der Waals surface area contributed by atoms with Crippen LogP contribution in [0.3, 0.4) is 0 Å². The summed E-state index contributed by atoms with van der Waals surface area (Å²) >= 11 is 0. The van der Waals surface area contributed by atoms with Crippen molar-refractivity contribution in [1.82, 2.24) is 4.90 Å². The molecule has 0 spiro atoms. The Morgan fingerprint density at radius 2 is 2.12 bits per heavy atom. The number of carbonyl (C=O) groups is 1. The molecule has 1 saturated heterocycles. The van der Waals surface area contributed by atoms with Gasteiger partial charge in [-0.25, -0.2) is 0 Å². The molecule has 134 valence electrons. The minimum absolute atomic E-state index is 0.120. The molecule has 0 radical (unpaired) electrons. The number of hydrogen-bond donors (Lipinski definition) is 2. The van der Waals surface area contributed by atoms with Crippen molar-refractivity contribution in [1.29, 1.82) is 0 Å². The van der Waals surface area contributed by atoms with Crippen LogP contribution in [0.5, 0.6) is 0 Å². The molecule has 0 aliphatic carbocycles. The van der Waals surface area contributed by atoms with Crippen molar-refractivity contribution in [2.24, 2.45) is 11.3 Å². The third-order valence-electron chi connectivity index (χ3n) is 4.72. The zero-order chi connectivity index (χ0) is 17.7. The molecule has 1 aromatic rings. The van der Waals surface area contributed by atoms with E-state index in [9.17, 15) is 4.79 Å². The summed E-state index contributed by atoms with van der Waals surface area (Å²) in [5.41, 5.74) is 3.05. The lowest BCUT2D eigenvalue weighted by Gasteiger charge is -2.33. The second-order valence-electron chi connectivity index (χ2n) is 8.16. The largest absolute Gasteiger partial charge is 0.396 e. The van der Waals surface area contributed by atoms with Crippen molar-refractivity contribution in [3.8, 4) is 0 Å². The fourth-order valence-electron chi connectivity index (χ4n) is 3.26. The van der Waals surface area contributed by atoms with Crippen molar-refractivity contribution in [2.45, 2.75) is 47.0 Å². The highest BCUT2D eigenvalue weighted by atomic mass is 16.3. The van der Waals surface area contributed by atoms with Crippen LogP contribution < -0.4 is 5.32 Å². The lowest BCUT2D eigenvalue weighted by Crippen LogP contribution is -2.40. The molecule has 4 nitrogen and oxygen atoms in total. The standard InChI is InChI=1S/C20H32N2O2/c1-15-17(8-5-9-18(15)21-14-20(2,3)4)19(24)22-11-6-7-16(13-22)10-12-23/h5,8-9,16,21,23H,6-7,10-14H2,1-4H3/t16-/m0/s1. The van der Waals surface area contributed by atoms with E-state index in [0.717, 1.165) is 55.7 Å². The molecule has 0 saturated carbocycles. The molecule has 1 atom stereocenters. The fraction of sp³-hybridized carbons (Fsp3) is 0.650. The smallest absolute Gasteiger partial charge is 0.254 e. The van der Waals surface area contributed by atoms with Gasteiger partial charge >= 0.3 is 0 Å². The van der Waals surface area contributed by atoms with Gasteiger partial charge in [0, 0.05) is 37.5 Å². The molecule has 2 rings (SSSR count). The first-order valence-electron chi connectivity index (χ1n) is 9.05. The highest BCUT2D eigenvalue weighted by molar-refractivity contribution is 5.97. The molecule has 1 aliphatic rings. The number of nitrogens with one attached hydrogen (secondary N) is 1. The third-order valence-corrected chi connectivity index (χ3v) is 4.72. The van der Waals surface area contributed by atoms with Crippen molar-refractivity contribution >= 4 is 11.6 Å². The van der Waals surface area contributed by atoms with Gasteiger partial charge in [0.25, 0.3) is 5.91 Å². The highest BCUT2D eigenvalue weighted by Gasteiger charge is 2.25. The van der Waals surface area contributed by atoms with E-state index in [4.69, 9.17) is 5.11 Å². The Kier molecular flexibility index (Phi) is 6.27. The van der Waals surface area contributed by atoms with Gasteiger partial charge in [-0.2, -0.15) is 0 Å². The van der Waals surface area contributed by atoms with Gasteiger partial charge in [0.05, 0.1) is 0 Å². The Morgan fingerprint density at radius 3 is 2.79 bits per heavy atom. The average Bonchev–Trinajstić information content (AvgIpc) is 2.53. The molecular weight excluding hydrogens is 300 g/mol. The van der Waals surface area contributed by atoms with Gasteiger partial charge in [-0.1, -0.05) is 26.8 Å². The lowest BCUT2D eigenvalue weighted by atomic mass is 9.94. The number of aliphatic hydroxyl groups excluding tert-OH is 1. The molecule has 2 N–H and O–H groups in total. The maximum absolute atomic E-state index is 13.0. The average molecular weight is 332 g/mol. The van der Waals surface area contributed by atoms with E-state index in [1.54, 1.807) is 0 Å². The second-order valence-corrected chi connectivity index (χ2v) is 8.16. The number of rotatable bonds is 5. The van der Waals surface area contributed by atoms with Crippen molar-refractivity contribution in [2.75, 3.05) is 31.6 Å². The maximum Gasteiger partial charge on any atom is 0.254 e. The Labute approximate surface area is 146 Å². The van der Waals surface area contributed by atoms with Gasteiger partial charge in [0.1, 0.15) is 0 Å². The summed E-state index contributed by atoms with van der Waals surface area (Å²) in [4.78, 5) is 14.9. The molecule has 24 heavy (non-hydrogen) atoms. The maximum atomic E-state index is 13.0. The summed E-state index contributed by atoms with van der Waals surface area (Å²) in [6.07, 6.45) is 2.92. The molecule has 1 aromatic carbocycles. The number of anilines is 1. The van der Waals surface area contributed by atoms with Crippen LogP contribution in [-0.4, -0.2) is 42.2 Å². The van der Waals surface area contributed by atoms with E-state index in [2.05, 4.69) is 26.1 Å². The zero-order valence-corrected chi connectivity index (χ0v) is 15.6. The van der Waals surface area contributed by atoms with Crippen LogP contribution in [0.25, 0.3) is 0 Å². The van der Waals surface area contributed by atoms with Gasteiger partial charge in [-0.3, -0.25) is 4.79 Å². The normalized spacial score (nSPS) is 18.5. The second kappa shape index (κ2) is 8.02. The number of nitrogens with zero attached hydrogens (tertiary/aromatic N) is 1. The number of aliphatic hydroxyl groups is 1. The summed E-state index contributed by atoms with van der Waals surface area (Å²) in [7, 11) is 0. The Hall–Kier alpha value is -1.55. The van der Waals surface area contributed by atoms with Crippen LogP contribution in [0.1, 0.15) is 56.0 Å². The summed E-state index contributed by atoms with van der Waals surface area (Å²) in [6.45, 7) is 11.3. The van der Waals surface area contributed by atoms with E-state index in [-0.39, 0.29) is 17.9 Å². The molecule has 0 unspecified atom stereocenters. The lowest BCUT2D eigenvalue weighted by molar-refractivity contribution is 0.0653. The van der Waals surface area contributed by atoms with E-state index in [1.165, 1.54) is 0 Å². The number of piperidine rings is 1. The molecule has 4 heteroatoms. The van der Waals surface area contributed by atoms with Crippen LogP contribution in [0.4, 0.5) is 5.69 Å². The number of benzene rings is 1. The predicted octanol–water partition coefficient (Wildman–Crippen LogP) is 3.69. The van der Waals surface area contributed by atoms with Gasteiger partial charge in [0.2, 0.25) is 0 Å². The molecular formula is C20H32N2O2. The fourth-order valence-corrected chi connectivity index (χ4v) is 3.26. The molecule has 0 bridgehead atoms. The Morgan fingerprint density at radius 1 is 1.38 bits per heavy atom. The molecule has 1 aliphatic heterocycles. The monoisotopic (exact) mass is 332 g/mol. The third kappa shape index (κ3) is 4.97. The SMILES string of the molecule is Cc1c(NCC(C)(C)C)cccc1C(=O)N1CCC[C@@H](CCO)C1. The number of amides is 1. The first-order valence-corrected chi connectivity index (χ1v) is 9.05. The van der Waals surface area contributed by atoms with Crippen LogP contribution in [-0.2, 0) is 0 Å². The first-order chi connectivity index (χ1) is 11.3. The molecule has 1 heterocycles. The molecule has 1 amide bonds. The van der Waals surface area contributed by atoms with Gasteiger partial charge in [-0.15, -0.1) is 0 Å². The zero-order valence-electron chi connectivity index (χ0n) is 15.6. The minimum atomic E-state index is 0.120. The molecule has 1 fully saturated rings. The number of hydrogen-bond acceptors (Lipinski definition) is 3. The van der Waals surface area contributed by atoms with E-state index < -0.39 is 0 Å². The first kappa shape index (κ1) is 18.8. The summed E-state index contributed by atoms with van der Waals surface area (Å²) < 4.78 is 0. The predicted molar refractivity (Wildman–Crippen MR) is 99.5 cm³/mol. The number of likely N-dealkylation sites (tertiary alicyclic amines) is 1. The van der Waals surface area contributed by atoms with E-state index >= 15 is 0 Å². The van der Waals surface area contributed by atoms with Gasteiger partial charge < -0.3 is 15.3 Å². The highest BCUT2D eigenvalue weighted by Crippen LogP contribution is 2.25. The summed E-state index contributed by atoms with van der Waals surface area (Å²) in [5, 5.41) is 12.6. The van der Waals surface area contributed by atoms with Crippen LogP contribution in [0, 0.1) is 18.3 Å². The topological polar surface area (TPSA) is 52.6 Å². The van der Waals surface area contributed by atoms with Crippen LogP contribution in [0.2, 0.25) is 0 Å². The van der Waals surface area contributed by atoms with Gasteiger partial charge in [-0.05, 0) is 55.2 Å². The van der Waals surface area contributed by atoms with Crippen LogP contribution >= 0.6 is 0 Å². The van der Waals surface area contributed by atoms with Crippen molar-refractivity contribution in [3.63, 3.8) is 0 Å². The van der Waals surface area contributed by atoms with E-state index in [1.807, 2.05) is 30.0 Å². The summed E-state index contributed by atoms with van der Waals surface area (Å²) in [5.74, 6) is 0.546. The van der Waals surface area contributed by atoms with Crippen molar-refractivity contribution in [3.05, 3.63) is 29.3 Å². The van der Waals surface area contributed by atoms with Crippen LogP contribution in [0.15, 0.2) is 18.2 Å². The minimum Gasteiger partial charge on any atom is -0.396 e. The molecule has 0 aromatic heterocycles. The van der Waals surface area contributed by atoms with Crippen molar-refractivity contribution < 1.29 is 9.90 Å². The quantitative estimate of drug-likeness (QED) is 0.865. The Balaban J connectivity index is 2.11. The van der Waals surface area contributed by atoms with Gasteiger partial charge in [0.15, 0.2) is 0 Å². The van der Waals surface area contributed by atoms with E-state index in [0.29, 0.717) is 5.92 Å². The number of carbonyl (C=O) groups excluding carboxylic acids is 1. The Bertz CT molecular complexity index is 561. The summed E-state index contributed by atoms with van der Waals surface area (Å²) in [6, 6.07) is 5.93.